The van der Waals surface area contributed by atoms with Gasteiger partial charge in [-0.3, -0.25) is 0 Å². The van der Waals surface area contributed by atoms with Crippen molar-refractivity contribution in [1.82, 2.24) is 10.8 Å². The minimum Gasteiger partial charge on any atom is -0.379 e. The largest absolute Gasteiger partial charge is 0.426 e. The van der Waals surface area contributed by atoms with Crippen LogP contribution < -0.4 is 10.8 Å². The van der Waals surface area contributed by atoms with Crippen molar-refractivity contribution in [1.29, 1.82) is 0 Å². The van der Waals surface area contributed by atoms with Crippen LogP contribution in [0, 0.1) is 0 Å². The maximum absolute atomic E-state index is 12.3. The highest BCUT2D eigenvalue weighted by Crippen LogP contribution is 2.12. The molecule has 1 atom stereocenters. The van der Waals surface area contributed by atoms with Gasteiger partial charge in [-0.2, -0.15) is 0 Å². The molecule has 0 aromatic rings. The third-order valence-corrected chi connectivity index (χ3v) is 9.53. The average molecular weight is 707 g/mol. The summed E-state index contributed by atoms with van der Waals surface area (Å²) in [6.45, 7) is 10.9. The summed E-state index contributed by atoms with van der Waals surface area (Å²) in [7, 11) is 0. The first kappa shape index (κ1) is 48.6. The summed E-state index contributed by atoms with van der Waals surface area (Å²) in [6, 6.07) is -0.103. The van der Waals surface area contributed by atoms with Crippen molar-refractivity contribution >= 4 is 6.09 Å². The highest BCUT2D eigenvalue weighted by atomic mass is 16.7. The van der Waals surface area contributed by atoms with Crippen LogP contribution in [0.4, 0.5) is 4.79 Å². The van der Waals surface area contributed by atoms with Crippen molar-refractivity contribution < 1.29 is 19.1 Å². The molecule has 0 spiro atoms. The first-order chi connectivity index (χ1) is 24.6. The Morgan fingerprint density at radius 1 is 0.500 bits per heavy atom. The van der Waals surface area contributed by atoms with Crippen molar-refractivity contribution in [2.45, 2.75) is 226 Å². The number of allylic oxidation sites excluding steroid dienone is 4. The number of carbonyl (C=O) groups is 1. The summed E-state index contributed by atoms with van der Waals surface area (Å²) in [5, 5.41) is 2.93. The van der Waals surface area contributed by atoms with E-state index in [0.717, 1.165) is 19.3 Å². The molecule has 1 unspecified atom stereocenters. The summed E-state index contributed by atoms with van der Waals surface area (Å²) in [5.41, 5.74) is 2.79. The third kappa shape index (κ3) is 39.4. The first-order valence-electron chi connectivity index (χ1n) is 21.8. The molecule has 0 fully saturated rings. The molecular weight excluding hydrogens is 620 g/mol. The molecule has 1 amide bonds. The van der Waals surface area contributed by atoms with Crippen LogP contribution in [0.15, 0.2) is 24.3 Å². The van der Waals surface area contributed by atoms with E-state index in [9.17, 15) is 4.79 Å². The minimum absolute atomic E-state index is 0.115. The smallest absolute Gasteiger partial charge is 0.379 e. The quantitative estimate of drug-likeness (QED) is 0.0377. The van der Waals surface area contributed by atoms with Crippen molar-refractivity contribution in [3.63, 3.8) is 0 Å². The number of carbonyl (C=O) groups excluding carboxylic acids is 1. The molecule has 6 nitrogen and oxygen atoms in total. The van der Waals surface area contributed by atoms with E-state index in [1.54, 1.807) is 0 Å². The van der Waals surface area contributed by atoms with Crippen LogP contribution in [0.5, 0.6) is 0 Å². The van der Waals surface area contributed by atoms with Crippen LogP contribution in [0.2, 0.25) is 0 Å². The molecule has 6 heteroatoms. The van der Waals surface area contributed by atoms with Gasteiger partial charge in [-0.15, -0.1) is 5.48 Å². The van der Waals surface area contributed by atoms with Crippen LogP contribution in [-0.2, 0) is 14.3 Å². The van der Waals surface area contributed by atoms with Gasteiger partial charge in [0.15, 0.2) is 0 Å². The van der Waals surface area contributed by atoms with E-state index in [1.165, 1.54) is 167 Å². The summed E-state index contributed by atoms with van der Waals surface area (Å²) >= 11 is 0. The van der Waals surface area contributed by atoms with Crippen molar-refractivity contribution in [3.8, 4) is 0 Å². The lowest BCUT2D eigenvalue weighted by Gasteiger charge is -2.19. The molecular formula is C44H86N2O4. The van der Waals surface area contributed by atoms with Gasteiger partial charge in [0, 0.05) is 19.3 Å². The van der Waals surface area contributed by atoms with Crippen molar-refractivity contribution in [2.75, 3.05) is 26.4 Å². The molecule has 0 bridgehead atoms. The van der Waals surface area contributed by atoms with Crippen LogP contribution in [0.1, 0.15) is 214 Å². The molecule has 0 aliphatic rings. The number of unbranched alkanes of at least 4 members (excludes halogenated alkanes) is 24. The molecule has 50 heavy (non-hydrogen) atoms. The Balaban J connectivity index is 3.90. The highest BCUT2D eigenvalue weighted by Gasteiger charge is 2.15. The second kappa shape index (κ2) is 42.0. The zero-order valence-electron chi connectivity index (χ0n) is 33.9. The summed E-state index contributed by atoms with van der Waals surface area (Å²) < 4.78 is 11.9. The van der Waals surface area contributed by atoms with E-state index in [0.29, 0.717) is 26.4 Å². The van der Waals surface area contributed by atoms with Gasteiger partial charge in [0.05, 0.1) is 19.3 Å². The Morgan fingerprint density at radius 3 is 1.20 bits per heavy atom. The number of ether oxygens (including phenoxy) is 2. The van der Waals surface area contributed by atoms with Gasteiger partial charge in [0.1, 0.15) is 0 Å². The first-order valence-corrected chi connectivity index (χ1v) is 21.8. The molecule has 296 valence electrons. The van der Waals surface area contributed by atoms with Crippen LogP contribution in [-0.4, -0.2) is 44.6 Å². The molecule has 0 saturated carbocycles. The predicted octanol–water partition coefficient (Wildman–Crippen LogP) is 13.5. The van der Waals surface area contributed by atoms with Gasteiger partial charge in [0.2, 0.25) is 0 Å². The predicted molar refractivity (Wildman–Crippen MR) is 217 cm³/mol. The fraction of sp³-hybridized carbons (Fsp3) is 0.886. The Labute approximate surface area is 312 Å². The van der Waals surface area contributed by atoms with E-state index < -0.39 is 6.09 Å². The number of hydroxylamine groups is 1. The Bertz CT molecular complexity index is 683. The highest BCUT2D eigenvalue weighted by molar-refractivity contribution is 5.67. The lowest BCUT2D eigenvalue weighted by Crippen LogP contribution is -2.44. The van der Waals surface area contributed by atoms with Crippen molar-refractivity contribution in [3.05, 3.63) is 24.3 Å². The van der Waals surface area contributed by atoms with Gasteiger partial charge >= 0.3 is 6.09 Å². The summed E-state index contributed by atoms with van der Waals surface area (Å²) in [5.74, 6) is 0. The van der Waals surface area contributed by atoms with Crippen LogP contribution >= 0.6 is 0 Å². The third-order valence-electron chi connectivity index (χ3n) is 9.53. The number of amides is 1. The molecule has 0 radical (unpaired) electrons. The molecule has 0 aromatic carbocycles. The fourth-order valence-electron chi connectivity index (χ4n) is 5.92. The summed E-state index contributed by atoms with van der Waals surface area (Å²) in [6.07, 6.45) is 46.3. The van der Waals surface area contributed by atoms with E-state index in [-0.39, 0.29) is 12.1 Å². The normalized spacial score (nSPS) is 13.0. The van der Waals surface area contributed by atoms with Gasteiger partial charge < -0.3 is 19.6 Å². The van der Waals surface area contributed by atoms with E-state index in [4.69, 9.17) is 14.3 Å². The van der Waals surface area contributed by atoms with Gasteiger partial charge in [-0.25, -0.2) is 4.79 Å². The van der Waals surface area contributed by atoms with Crippen LogP contribution in [0.25, 0.3) is 0 Å². The molecule has 0 saturated heterocycles. The number of rotatable bonds is 40. The average Bonchev–Trinajstić information content (AvgIpc) is 3.12. The van der Waals surface area contributed by atoms with E-state index >= 15 is 0 Å². The molecule has 0 heterocycles. The lowest BCUT2D eigenvalue weighted by atomic mass is 10.1. The SMILES string of the molecule is CCCCCCCCC=CCCCCCCCCOCC(COCCCCCCCCC=CCCCCCCCC)NC(=O)ONC(C)CC. The number of hydrogen-bond acceptors (Lipinski definition) is 5. The molecule has 0 aliphatic heterocycles. The topological polar surface area (TPSA) is 68.8 Å². The Kier molecular flexibility index (Phi) is 40.9. The zero-order chi connectivity index (χ0) is 36.4. The molecule has 0 aromatic heterocycles. The van der Waals surface area contributed by atoms with Crippen molar-refractivity contribution in [2.24, 2.45) is 0 Å². The minimum atomic E-state index is -0.475. The second-order valence-corrected chi connectivity index (χ2v) is 14.7. The van der Waals surface area contributed by atoms with Gasteiger partial charge in [0.25, 0.3) is 0 Å². The summed E-state index contributed by atoms with van der Waals surface area (Å²) in [4.78, 5) is 17.5. The number of hydrogen-bond donors (Lipinski definition) is 2. The zero-order valence-corrected chi connectivity index (χ0v) is 33.9. The monoisotopic (exact) mass is 707 g/mol. The van der Waals surface area contributed by atoms with E-state index in [1.807, 2.05) is 6.92 Å². The standard InChI is InChI=1S/C44H86N2O4/c1-5-8-10-12-14-16-18-20-22-24-26-28-30-32-34-36-38-48-40-43(45-44(47)50-46-42(4)7-3)41-49-39-37-35-33-31-29-27-25-23-21-19-17-15-13-11-9-6-2/h20-23,42-43,46H,5-19,24-41H2,1-4H3,(H,45,47). The second-order valence-electron chi connectivity index (χ2n) is 14.7. The Morgan fingerprint density at radius 2 is 0.840 bits per heavy atom. The maximum atomic E-state index is 12.3. The van der Waals surface area contributed by atoms with Gasteiger partial charge in [-0.05, 0) is 77.6 Å². The van der Waals surface area contributed by atoms with Crippen LogP contribution in [0.3, 0.4) is 0 Å². The van der Waals surface area contributed by atoms with E-state index in [2.05, 4.69) is 55.9 Å². The maximum Gasteiger partial charge on any atom is 0.426 e. The molecule has 0 rings (SSSR count). The van der Waals surface area contributed by atoms with Gasteiger partial charge in [-0.1, -0.05) is 161 Å². The molecule has 2 N–H and O–H groups in total. The molecule has 0 aliphatic carbocycles. The fourth-order valence-corrected chi connectivity index (χ4v) is 5.92. The number of nitrogens with one attached hydrogen (secondary N) is 2. The Hall–Kier alpha value is -1.37. The lowest BCUT2D eigenvalue weighted by molar-refractivity contribution is 0.0357.